The number of rotatable bonds is 4. The number of hydrogen-bond donors (Lipinski definition) is 1. The number of benzene rings is 1. The van der Waals surface area contributed by atoms with Gasteiger partial charge in [0.25, 0.3) is 0 Å². The summed E-state index contributed by atoms with van der Waals surface area (Å²) in [6, 6.07) is 7.36. The first-order chi connectivity index (χ1) is 9.99. The van der Waals surface area contributed by atoms with Gasteiger partial charge in [-0.2, -0.15) is 0 Å². The Labute approximate surface area is 125 Å². The van der Waals surface area contributed by atoms with Gasteiger partial charge < -0.3 is 10.0 Å². The van der Waals surface area contributed by atoms with Crippen LogP contribution in [0.4, 0.5) is 0 Å². The monoisotopic (exact) mass is 287 g/mol. The maximum absolute atomic E-state index is 12.1. The van der Waals surface area contributed by atoms with Gasteiger partial charge >= 0.3 is 5.97 Å². The Balaban J connectivity index is 2.03. The molecular weight excluding hydrogens is 266 g/mol. The van der Waals surface area contributed by atoms with Crippen LogP contribution in [0.1, 0.15) is 43.7 Å². The number of amides is 1. The molecule has 1 aliphatic heterocycles. The van der Waals surface area contributed by atoms with E-state index in [4.69, 9.17) is 5.11 Å². The average Bonchev–Trinajstić information content (AvgIpc) is 2.95. The van der Waals surface area contributed by atoms with E-state index in [9.17, 15) is 9.59 Å². The van der Waals surface area contributed by atoms with E-state index in [1.165, 1.54) is 16.5 Å². The van der Waals surface area contributed by atoms with E-state index in [1.54, 1.807) is 6.08 Å². The third-order valence-electron chi connectivity index (χ3n) is 3.84. The van der Waals surface area contributed by atoms with Crippen LogP contribution in [0.2, 0.25) is 0 Å². The lowest BCUT2D eigenvalue weighted by Crippen LogP contribution is -2.39. The molecule has 0 saturated carbocycles. The number of carboxylic acids is 1. The summed E-state index contributed by atoms with van der Waals surface area (Å²) in [6.45, 7) is 4.79. The lowest BCUT2D eigenvalue weighted by Gasteiger charge is -2.19. The molecule has 1 fully saturated rings. The molecule has 2 rings (SSSR count). The summed E-state index contributed by atoms with van der Waals surface area (Å²) >= 11 is 0. The first-order valence-electron chi connectivity index (χ1n) is 7.30. The highest BCUT2D eigenvalue weighted by molar-refractivity contribution is 5.94. The van der Waals surface area contributed by atoms with Gasteiger partial charge in [-0.25, -0.2) is 4.79 Å². The minimum absolute atomic E-state index is 0.229. The Morgan fingerprint density at radius 2 is 1.95 bits per heavy atom. The maximum atomic E-state index is 12.1. The second-order valence-electron chi connectivity index (χ2n) is 5.68. The van der Waals surface area contributed by atoms with Gasteiger partial charge in [-0.05, 0) is 36.0 Å². The quantitative estimate of drug-likeness (QED) is 0.866. The molecule has 1 aromatic rings. The minimum atomic E-state index is -0.921. The predicted molar refractivity (Wildman–Crippen MR) is 81.9 cm³/mol. The molecule has 4 heteroatoms. The van der Waals surface area contributed by atoms with Crippen LogP contribution < -0.4 is 0 Å². The van der Waals surface area contributed by atoms with Gasteiger partial charge in [0, 0.05) is 12.6 Å². The van der Waals surface area contributed by atoms with Gasteiger partial charge in [0.05, 0.1) is 0 Å². The number of carbonyl (C=O) groups excluding carboxylic acids is 1. The fraction of sp³-hybridized carbons (Fsp3) is 0.412. The Bertz CT molecular complexity index is 546. The van der Waals surface area contributed by atoms with E-state index in [1.807, 2.05) is 24.3 Å². The van der Waals surface area contributed by atoms with Crippen molar-refractivity contribution in [2.75, 3.05) is 6.54 Å². The van der Waals surface area contributed by atoms with E-state index in [0.717, 1.165) is 12.0 Å². The summed E-state index contributed by atoms with van der Waals surface area (Å²) in [5.74, 6) is -0.672. The smallest absolute Gasteiger partial charge is 0.326 e. The summed E-state index contributed by atoms with van der Waals surface area (Å²) in [6.07, 6.45) is 4.49. The molecule has 1 atom stereocenters. The van der Waals surface area contributed by atoms with Crippen molar-refractivity contribution in [1.82, 2.24) is 4.90 Å². The summed E-state index contributed by atoms with van der Waals surface area (Å²) in [4.78, 5) is 24.6. The zero-order valence-corrected chi connectivity index (χ0v) is 12.5. The molecule has 0 bridgehead atoms. The molecule has 1 N–H and O–H groups in total. The lowest BCUT2D eigenvalue weighted by atomic mass is 10.0. The average molecular weight is 287 g/mol. The normalized spacial score (nSPS) is 18.6. The highest BCUT2D eigenvalue weighted by atomic mass is 16.4. The minimum Gasteiger partial charge on any atom is -0.480 e. The predicted octanol–water partition coefficient (Wildman–Crippen LogP) is 2.90. The largest absolute Gasteiger partial charge is 0.480 e. The van der Waals surface area contributed by atoms with Crippen LogP contribution in [0.3, 0.4) is 0 Å². The highest BCUT2D eigenvalue weighted by Gasteiger charge is 2.32. The van der Waals surface area contributed by atoms with Crippen molar-refractivity contribution in [2.45, 2.75) is 38.6 Å². The third kappa shape index (κ3) is 3.72. The fourth-order valence-electron chi connectivity index (χ4n) is 2.54. The lowest BCUT2D eigenvalue weighted by molar-refractivity contribution is -0.146. The zero-order chi connectivity index (χ0) is 15.4. The molecule has 21 heavy (non-hydrogen) atoms. The van der Waals surface area contributed by atoms with Crippen molar-refractivity contribution < 1.29 is 14.7 Å². The van der Waals surface area contributed by atoms with Crippen LogP contribution in [-0.4, -0.2) is 34.5 Å². The molecule has 1 amide bonds. The number of hydrogen-bond acceptors (Lipinski definition) is 2. The molecule has 0 aliphatic carbocycles. The summed E-state index contributed by atoms with van der Waals surface area (Å²) in [7, 11) is 0. The van der Waals surface area contributed by atoms with Gasteiger partial charge in [-0.1, -0.05) is 38.1 Å². The molecule has 1 heterocycles. The fourth-order valence-corrected chi connectivity index (χ4v) is 2.54. The van der Waals surface area contributed by atoms with Crippen molar-refractivity contribution in [1.29, 1.82) is 0 Å². The van der Waals surface area contributed by atoms with E-state index < -0.39 is 12.0 Å². The van der Waals surface area contributed by atoms with Gasteiger partial charge in [0.15, 0.2) is 0 Å². The maximum Gasteiger partial charge on any atom is 0.326 e. The van der Waals surface area contributed by atoms with E-state index in [-0.39, 0.29) is 5.91 Å². The number of likely N-dealkylation sites (tertiary alicyclic amines) is 1. The molecule has 0 unspecified atom stereocenters. The van der Waals surface area contributed by atoms with Gasteiger partial charge in [-0.15, -0.1) is 0 Å². The summed E-state index contributed by atoms with van der Waals surface area (Å²) in [5.41, 5.74) is 2.20. The summed E-state index contributed by atoms with van der Waals surface area (Å²) in [5, 5.41) is 9.08. The van der Waals surface area contributed by atoms with Crippen LogP contribution in [0.15, 0.2) is 30.3 Å². The number of nitrogens with zero attached hydrogens (tertiary/aromatic N) is 1. The van der Waals surface area contributed by atoms with Gasteiger partial charge in [-0.3, -0.25) is 4.79 Å². The Kier molecular flexibility index (Phi) is 4.78. The van der Waals surface area contributed by atoms with Gasteiger partial charge in [0.1, 0.15) is 6.04 Å². The Morgan fingerprint density at radius 1 is 1.29 bits per heavy atom. The third-order valence-corrected chi connectivity index (χ3v) is 3.84. The van der Waals surface area contributed by atoms with Crippen LogP contribution in [0.25, 0.3) is 6.08 Å². The van der Waals surface area contributed by atoms with Crippen molar-refractivity contribution in [2.24, 2.45) is 0 Å². The van der Waals surface area contributed by atoms with Crippen LogP contribution in [-0.2, 0) is 9.59 Å². The number of carbonyl (C=O) groups is 2. The SMILES string of the molecule is CC(C)c1ccc(/C=C/C(=O)N2CCC[C@H]2C(=O)O)cc1. The van der Waals surface area contributed by atoms with E-state index >= 15 is 0 Å². The second kappa shape index (κ2) is 6.57. The Hall–Kier alpha value is -2.10. The molecule has 0 aromatic heterocycles. The molecule has 112 valence electrons. The topological polar surface area (TPSA) is 57.6 Å². The van der Waals surface area contributed by atoms with Crippen LogP contribution in [0.5, 0.6) is 0 Å². The standard InChI is InChI=1S/C17H21NO3/c1-12(2)14-8-5-13(6-9-14)7-10-16(19)18-11-3-4-15(18)17(20)21/h5-10,12,15H,3-4,11H2,1-2H3,(H,20,21)/b10-7+/t15-/m0/s1. The molecule has 0 spiro atoms. The molecule has 1 aliphatic rings. The molecule has 1 saturated heterocycles. The van der Waals surface area contributed by atoms with E-state index in [2.05, 4.69) is 13.8 Å². The highest BCUT2D eigenvalue weighted by Crippen LogP contribution is 2.19. The van der Waals surface area contributed by atoms with Crippen LogP contribution in [0, 0.1) is 0 Å². The zero-order valence-electron chi connectivity index (χ0n) is 12.5. The Morgan fingerprint density at radius 3 is 2.52 bits per heavy atom. The first-order valence-corrected chi connectivity index (χ1v) is 7.30. The molecular formula is C17H21NO3. The second-order valence-corrected chi connectivity index (χ2v) is 5.68. The van der Waals surface area contributed by atoms with Gasteiger partial charge in [0.2, 0.25) is 5.91 Å². The van der Waals surface area contributed by atoms with Crippen LogP contribution >= 0.6 is 0 Å². The van der Waals surface area contributed by atoms with Crippen molar-refractivity contribution in [3.63, 3.8) is 0 Å². The summed E-state index contributed by atoms with van der Waals surface area (Å²) < 4.78 is 0. The molecule has 1 aromatic carbocycles. The number of aliphatic carboxylic acids is 1. The molecule has 4 nitrogen and oxygen atoms in total. The number of carboxylic acid groups (broad SMARTS) is 1. The van der Waals surface area contributed by atoms with Crippen molar-refractivity contribution in [3.05, 3.63) is 41.5 Å². The van der Waals surface area contributed by atoms with E-state index in [0.29, 0.717) is 18.9 Å². The van der Waals surface area contributed by atoms with Crippen molar-refractivity contribution in [3.8, 4) is 0 Å². The van der Waals surface area contributed by atoms with Crippen molar-refractivity contribution >= 4 is 18.0 Å². The molecule has 0 radical (unpaired) electrons. The first kappa shape index (κ1) is 15.3.